The molecule has 0 aliphatic heterocycles. The first-order valence-corrected chi connectivity index (χ1v) is 7.54. The monoisotopic (exact) mass is 333 g/mol. The molecule has 0 spiro atoms. The summed E-state index contributed by atoms with van der Waals surface area (Å²) in [5, 5.41) is 30.0. The Morgan fingerprint density at radius 3 is 2.25 bits per heavy atom. The van der Waals surface area contributed by atoms with Crippen molar-refractivity contribution in [2.75, 3.05) is 18.1 Å². The molecule has 24 heavy (non-hydrogen) atoms. The highest BCUT2D eigenvalue weighted by atomic mass is 16.5. The molecule has 2 unspecified atom stereocenters. The minimum absolute atomic E-state index is 0.0621. The predicted molar refractivity (Wildman–Crippen MR) is 92.7 cm³/mol. The third-order valence-corrected chi connectivity index (χ3v) is 4.15. The fraction of sp³-hybridized carbons (Fsp3) is 0.294. The number of benzene rings is 2. The molecule has 0 aromatic heterocycles. The van der Waals surface area contributed by atoms with Crippen molar-refractivity contribution in [1.82, 2.24) is 0 Å². The molecule has 2 rings (SSSR count). The van der Waals surface area contributed by atoms with Gasteiger partial charge >= 0.3 is 0 Å². The van der Waals surface area contributed by atoms with Gasteiger partial charge in [0.05, 0.1) is 11.2 Å². The molecule has 0 saturated heterocycles. The summed E-state index contributed by atoms with van der Waals surface area (Å²) in [5.41, 5.74) is 17.2. The standard InChI is InChI=1S/C17H23N3O4/c1-2-17(20,9-24-13-8-4-7-12(22)15(13)19)16(23)10-5-3-6-11(21)14(10)18/h3-8,16,21-23H,2,9,18-20H2,1H3. The number of para-hydroxylation sites is 2. The summed E-state index contributed by atoms with van der Waals surface area (Å²) in [6, 6.07) is 9.24. The number of hydrogen-bond acceptors (Lipinski definition) is 7. The summed E-state index contributed by atoms with van der Waals surface area (Å²) < 4.78 is 5.61. The second-order valence-electron chi connectivity index (χ2n) is 5.75. The molecule has 0 fully saturated rings. The van der Waals surface area contributed by atoms with Crippen LogP contribution in [0.1, 0.15) is 25.0 Å². The summed E-state index contributed by atoms with van der Waals surface area (Å²) in [5.74, 6) is 0.0573. The topological polar surface area (TPSA) is 148 Å². The summed E-state index contributed by atoms with van der Waals surface area (Å²) in [6.45, 7) is 1.74. The number of phenols is 2. The first-order chi connectivity index (χ1) is 11.3. The highest BCUT2D eigenvalue weighted by Gasteiger charge is 2.36. The SMILES string of the molecule is CCC(N)(COc1cccc(O)c1N)C(O)c1cccc(O)c1N. The van der Waals surface area contributed by atoms with Gasteiger partial charge in [0, 0.05) is 5.56 Å². The maximum absolute atomic E-state index is 10.7. The number of phenolic OH excluding ortho intramolecular Hbond substituents is 2. The molecule has 0 saturated carbocycles. The van der Waals surface area contributed by atoms with Gasteiger partial charge in [-0.1, -0.05) is 25.1 Å². The summed E-state index contributed by atoms with van der Waals surface area (Å²) >= 11 is 0. The van der Waals surface area contributed by atoms with E-state index >= 15 is 0 Å². The van der Waals surface area contributed by atoms with Crippen LogP contribution >= 0.6 is 0 Å². The smallest absolute Gasteiger partial charge is 0.146 e. The normalized spacial score (nSPS) is 14.8. The number of aromatic hydroxyl groups is 2. The maximum atomic E-state index is 10.7. The van der Waals surface area contributed by atoms with E-state index < -0.39 is 11.6 Å². The Balaban J connectivity index is 2.24. The zero-order chi connectivity index (χ0) is 17.9. The fourth-order valence-corrected chi connectivity index (χ4v) is 2.36. The van der Waals surface area contributed by atoms with Crippen molar-refractivity contribution >= 4 is 11.4 Å². The maximum Gasteiger partial charge on any atom is 0.146 e. The minimum atomic E-state index is -1.17. The van der Waals surface area contributed by atoms with Crippen molar-refractivity contribution in [3.8, 4) is 17.2 Å². The van der Waals surface area contributed by atoms with Crippen molar-refractivity contribution in [1.29, 1.82) is 0 Å². The molecule has 2 aromatic carbocycles. The van der Waals surface area contributed by atoms with Crippen LogP contribution in [0.2, 0.25) is 0 Å². The molecule has 7 nitrogen and oxygen atoms in total. The van der Waals surface area contributed by atoms with Gasteiger partial charge in [0.15, 0.2) is 0 Å². The number of rotatable bonds is 6. The summed E-state index contributed by atoms with van der Waals surface area (Å²) in [6.07, 6.45) is -0.782. The lowest BCUT2D eigenvalue weighted by Crippen LogP contribution is -2.50. The predicted octanol–water partition coefficient (Wildman–Crippen LogP) is 1.48. The number of anilines is 2. The van der Waals surface area contributed by atoms with Gasteiger partial charge in [0.25, 0.3) is 0 Å². The van der Waals surface area contributed by atoms with E-state index in [1.54, 1.807) is 31.2 Å². The van der Waals surface area contributed by atoms with Crippen LogP contribution in [0.3, 0.4) is 0 Å². The van der Waals surface area contributed by atoms with Crippen LogP contribution in [0.25, 0.3) is 0 Å². The Morgan fingerprint density at radius 1 is 1.04 bits per heavy atom. The van der Waals surface area contributed by atoms with Crippen LogP contribution in [0, 0.1) is 0 Å². The highest BCUT2D eigenvalue weighted by molar-refractivity contribution is 5.62. The lowest BCUT2D eigenvalue weighted by Gasteiger charge is -2.34. The van der Waals surface area contributed by atoms with E-state index in [9.17, 15) is 15.3 Å². The van der Waals surface area contributed by atoms with Crippen molar-refractivity contribution in [3.05, 3.63) is 42.0 Å². The second-order valence-corrected chi connectivity index (χ2v) is 5.75. The van der Waals surface area contributed by atoms with Gasteiger partial charge in [-0.2, -0.15) is 0 Å². The van der Waals surface area contributed by atoms with Gasteiger partial charge in [-0.15, -0.1) is 0 Å². The molecule has 9 N–H and O–H groups in total. The van der Waals surface area contributed by atoms with Crippen molar-refractivity contribution in [2.45, 2.75) is 25.0 Å². The molecule has 2 aromatic rings. The average Bonchev–Trinajstić information content (AvgIpc) is 2.57. The average molecular weight is 333 g/mol. The van der Waals surface area contributed by atoms with Crippen molar-refractivity contribution in [3.63, 3.8) is 0 Å². The molecule has 0 radical (unpaired) electrons. The van der Waals surface area contributed by atoms with Gasteiger partial charge in [0.1, 0.15) is 35.6 Å². The van der Waals surface area contributed by atoms with E-state index in [1.807, 2.05) is 0 Å². The molecular formula is C17H23N3O4. The van der Waals surface area contributed by atoms with Gasteiger partial charge in [-0.05, 0) is 24.6 Å². The van der Waals surface area contributed by atoms with Crippen LogP contribution in [-0.4, -0.2) is 27.5 Å². The Morgan fingerprint density at radius 2 is 1.62 bits per heavy atom. The summed E-state index contributed by atoms with van der Waals surface area (Å²) in [4.78, 5) is 0. The van der Waals surface area contributed by atoms with E-state index in [0.717, 1.165) is 0 Å². The van der Waals surface area contributed by atoms with Crippen LogP contribution < -0.4 is 21.9 Å². The van der Waals surface area contributed by atoms with Crippen LogP contribution in [0.5, 0.6) is 17.2 Å². The van der Waals surface area contributed by atoms with Gasteiger partial charge < -0.3 is 37.3 Å². The Hall–Kier alpha value is -2.64. The van der Waals surface area contributed by atoms with Crippen LogP contribution in [-0.2, 0) is 0 Å². The first-order valence-electron chi connectivity index (χ1n) is 7.54. The van der Waals surface area contributed by atoms with Crippen LogP contribution in [0.15, 0.2) is 36.4 Å². The number of aliphatic hydroxyl groups excluding tert-OH is 1. The molecule has 2 atom stereocenters. The highest BCUT2D eigenvalue weighted by Crippen LogP contribution is 2.36. The van der Waals surface area contributed by atoms with Crippen molar-refractivity contribution < 1.29 is 20.1 Å². The number of nitrogen functional groups attached to an aromatic ring is 2. The Bertz CT molecular complexity index is 723. The Kier molecular flexibility index (Phi) is 5.06. The quantitative estimate of drug-likeness (QED) is 0.346. The summed E-state index contributed by atoms with van der Waals surface area (Å²) in [7, 11) is 0. The lowest BCUT2D eigenvalue weighted by molar-refractivity contribution is 0.0474. The molecule has 0 amide bonds. The zero-order valence-electron chi connectivity index (χ0n) is 13.4. The van der Waals surface area contributed by atoms with Crippen molar-refractivity contribution in [2.24, 2.45) is 5.73 Å². The van der Waals surface area contributed by atoms with E-state index in [2.05, 4.69) is 0 Å². The first kappa shape index (κ1) is 17.7. The molecule has 130 valence electrons. The third kappa shape index (κ3) is 3.32. The molecule has 0 heterocycles. The number of aliphatic hydroxyl groups is 1. The second kappa shape index (κ2) is 6.86. The molecule has 0 bridgehead atoms. The minimum Gasteiger partial charge on any atom is -0.506 e. The van der Waals surface area contributed by atoms with Gasteiger partial charge in [-0.25, -0.2) is 0 Å². The third-order valence-electron chi connectivity index (χ3n) is 4.15. The molecule has 0 aliphatic carbocycles. The molecular weight excluding hydrogens is 310 g/mol. The molecule has 7 heteroatoms. The fourth-order valence-electron chi connectivity index (χ4n) is 2.36. The van der Waals surface area contributed by atoms with E-state index in [-0.39, 0.29) is 35.2 Å². The number of ether oxygens (including phenoxy) is 1. The lowest BCUT2D eigenvalue weighted by atomic mass is 9.86. The van der Waals surface area contributed by atoms with E-state index in [0.29, 0.717) is 12.0 Å². The molecule has 0 aliphatic rings. The Labute approximate surface area is 140 Å². The number of hydrogen-bond donors (Lipinski definition) is 6. The van der Waals surface area contributed by atoms with Crippen LogP contribution in [0.4, 0.5) is 11.4 Å². The van der Waals surface area contributed by atoms with Gasteiger partial charge in [0.2, 0.25) is 0 Å². The largest absolute Gasteiger partial charge is 0.506 e. The van der Waals surface area contributed by atoms with E-state index in [4.69, 9.17) is 21.9 Å². The zero-order valence-corrected chi connectivity index (χ0v) is 13.4. The van der Waals surface area contributed by atoms with Gasteiger partial charge in [-0.3, -0.25) is 0 Å². The number of nitrogens with two attached hydrogens (primary N) is 3. The van der Waals surface area contributed by atoms with E-state index in [1.165, 1.54) is 12.1 Å².